The molecule has 2 nitrogen and oxygen atoms in total. The molecule has 0 aliphatic rings. The quantitative estimate of drug-likeness (QED) is 0.639. The van der Waals surface area contributed by atoms with Gasteiger partial charge in [-0.3, -0.25) is 9.78 Å². The third-order valence-corrected chi connectivity index (χ3v) is 4.03. The minimum atomic E-state index is -0.0178. The number of nitrogens with zero attached hydrogens (tertiary/aromatic N) is 1. The molecule has 104 valence electrons. The van der Waals surface area contributed by atoms with Crippen LogP contribution in [0.15, 0.2) is 54.7 Å². The minimum Gasteiger partial charge on any atom is -0.294 e. The maximum atomic E-state index is 12.4. The summed E-state index contributed by atoms with van der Waals surface area (Å²) >= 11 is 12.2. The van der Waals surface area contributed by atoms with Crippen LogP contribution in [0, 0.1) is 0 Å². The number of ketones is 1. The fourth-order valence-corrected chi connectivity index (χ4v) is 2.74. The number of carbonyl (C=O) groups is 1. The highest BCUT2D eigenvalue weighted by Gasteiger charge is 2.13. The molecule has 0 radical (unpaired) electrons. The van der Waals surface area contributed by atoms with Gasteiger partial charge in [0.15, 0.2) is 5.78 Å². The molecular formula is C17H11Cl2NO. The van der Waals surface area contributed by atoms with E-state index in [0.29, 0.717) is 21.2 Å². The average molecular weight is 316 g/mol. The summed E-state index contributed by atoms with van der Waals surface area (Å²) in [7, 11) is 0. The van der Waals surface area contributed by atoms with Crippen molar-refractivity contribution in [3.8, 4) is 0 Å². The summed E-state index contributed by atoms with van der Waals surface area (Å²) in [5.41, 5.74) is 2.16. The zero-order valence-electron chi connectivity index (χ0n) is 11.0. The molecule has 0 atom stereocenters. The summed E-state index contributed by atoms with van der Waals surface area (Å²) in [6.45, 7) is 0. The maximum absolute atomic E-state index is 12.4. The van der Waals surface area contributed by atoms with Gasteiger partial charge in [0.05, 0.1) is 5.52 Å². The van der Waals surface area contributed by atoms with E-state index in [1.807, 2.05) is 24.3 Å². The lowest BCUT2D eigenvalue weighted by Gasteiger charge is -2.07. The predicted octanol–water partition coefficient (Wildman–Crippen LogP) is 4.97. The second-order valence-corrected chi connectivity index (χ2v) is 5.53. The number of aromatic nitrogens is 1. The summed E-state index contributed by atoms with van der Waals surface area (Å²) < 4.78 is 0. The van der Waals surface area contributed by atoms with Crippen LogP contribution in [0.2, 0.25) is 10.0 Å². The number of rotatable bonds is 3. The highest BCUT2D eigenvalue weighted by Crippen LogP contribution is 2.26. The molecule has 1 heterocycles. The molecule has 0 bridgehead atoms. The van der Waals surface area contributed by atoms with Gasteiger partial charge < -0.3 is 0 Å². The van der Waals surface area contributed by atoms with Gasteiger partial charge in [0.2, 0.25) is 0 Å². The van der Waals surface area contributed by atoms with Crippen LogP contribution in [0.25, 0.3) is 10.9 Å². The number of pyridine rings is 1. The molecular weight excluding hydrogens is 305 g/mol. The third kappa shape index (κ3) is 2.92. The summed E-state index contributed by atoms with van der Waals surface area (Å²) in [6.07, 6.45) is 1.91. The van der Waals surface area contributed by atoms with Crippen molar-refractivity contribution in [3.05, 3.63) is 75.9 Å². The van der Waals surface area contributed by atoms with Crippen molar-refractivity contribution < 1.29 is 4.79 Å². The Kier molecular flexibility index (Phi) is 3.91. The van der Waals surface area contributed by atoms with Crippen LogP contribution in [0.5, 0.6) is 0 Å². The number of fused-ring (bicyclic) bond motifs is 1. The van der Waals surface area contributed by atoms with E-state index < -0.39 is 0 Å². The second kappa shape index (κ2) is 5.84. The molecule has 0 unspecified atom stereocenters. The minimum absolute atomic E-state index is 0.0178. The third-order valence-electron chi connectivity index (χ3n) is 3.32. The van der Waals surface area contributed by atoms with E-state index >= 15 is 0 Å². The first-order chi connectivity index (χ1) is 10.1. The molecule has 0 aliphatic heterocycles. The van der Waals surface area contributed by atoms with Gasteiger partial charge in [-0.2, -0.15) is 0 Å². The Balaban J connectivity index is 1.94. The van der Waals surface area contributed by atoms with Crippen molar-refractivity contribution in [2.24, 2.45) is 0 Å². The first-order valence-corrected chi connectivity index (χ1v) is 7.21. The zero-order valence-corrected chi connectivity index (χ0v) is 12.5. The lowest BCUT2D eigenvalue weighted by atomic mass is 10.0. The molecule has 2 aromatic carbocycles. The lowest BCUT2D eigenvalue weighted by molar-refractivity contribution is 0.0993. The highest BCUT2D eigenvalue weighted by atomic mass is 35.5. The van der Waals surface area contributed by atoms with Crippen molar-refractivity contribution in [3.63, 3.8) is 0 Å². The molecule has 0 saturated heterocycles. The monoisotopic (exact) mass is 315 g/mol. The van der Waals surface area contributed by atoms with E-state index in [1.165, 1.54) is 0 Å². The van der Waals surface area contributed by atoms with Crippen LogP contribution in [-0.4, -0.2) is 10.8 Å². The van der Waals surface area contributed by atoms with Crippen LogP contribution in [-0.2, 0) is 6.42 Å². The SMILES string of the molecule is O=C(Cc1c(Cl)cccc1Cl)c1ccc2ncccc2c1. The highest BCUT2D eigenvalue weighted by molar-refractivity contribution is 6.36. The number of Topliss-reactive ketones (excluding diaryl/α,β-unsaturated/α-hetero) is 1. The van der Waals surface area contributed by atoms with Crippen LogP contribution in [0.3, 0.4) is 0 Å². The van der Waals surface area contributed by atoms with Gasteiger partial charge in [-0.05, 0) is 42.0 Å². The van der Waals surface area contributed by atoms with Gasteiger partial charge in [0.1, 0.15) is 0 Å². The van der Waals surface area contributed by atoms with E-state index in [1.54, 1.807) is 30.5 Å². The normalized spacial score (nSPS) is 10.8. The second-order valence-electron chi connectivity index (χ2n) is 4.71. The Hall–Kier alpha value is -1.90. The average Bonchev–Trinajstić information content (AvgIpc) is 2.50. The summed E-state index contributed by atoms with van der Waals surface area (Å²) in [5.74, 6) is -0.0178. The summed E-state index contributed by atoms with van der Waals surface area (Å²) in [5, 5.41) is 1.96. The number of carbonyl (C=O) groups excluding carboxylic acids is 1. The van der Waals surface area contributed by atoms with Gasteiger partial charge in [0, 0.05) is 33.6 Å². The van der Waals surface area contributed by atoms with E-state index in [0.717, 1.165) is 10.9 Å². The number of halogens is 2. The van der Waals surface area contributed by atoms with Crippen LogP contribution in [0.4, 0.5) is 0 Å². The molecule has 0 amide bonds. The fraction of sp³-hybridized carbons (Fsp3) is 0.0588. The fourth-order valence-electron chi connectivity index (χ4n) is 2.21. The summed E-state index contributed by atoms with van der Waals surface area (Å²) in [6, 6.07) is 14.5. The molecule has 1 aromatic heterocycles. The van der Waals surface area contributed by atoms with E-state index in [2.05, 4.69) is 4.98 Å². The van der Waals surface area contributed by atoms with E-state index in [4.69, 9.17) is 23.2 Å². The Morgan fingerprint density at radius 2 is 1.76 bits per heavy atom. The van der Waals surface area contributed by atoms with Crippen LogP contribution >= 0.6 is 23.2 Å². The Morgan fingerprint density at radius 1 is 1.00 bits per heavy atom. The van der Waals surface area contributed by atoms with Gasteiger partial charge in [-0.1, -0.05) is 35.3 Å². The lowest BCUT2D eigenvalue weighted by Crippen LogP contribution is -2.04. The van der Waals surface area contributed by atoms with Crippen LogP contribution < -0.4 is 0 Å². The molecule has 0 aliphatic carbocycles. The van der Waals surface area contributed by atoms with Crippen molar-refractivity contribution in [1.82, 2.24) is 4.98 Å². The van der Waals surface area contributed by atoms with Crippen molar-refractivity contribution in [2.75, 3.05) is 0 Å². The van der Waals surface area contributed by atoms with E-state index in [9.17, 15) is 4.79 Å². The Morgan fingerprint density at radius 3 is 2.52 bits per heavy atom. The molecule has 0 N–H and O–H groups in total. The molecule has 4 heteroatoms. The molecule has 0 fully saturated rings. The van der Waals surface area contributed by atoms with Crippen molar-refractivity contribution in [2.45, 2.75) is 6.42 Å². The Bertz CT molecular complexity index is 810. The molecule has 0 spiro atoms. The van der Waals surface area contributed by atoms with Crippen molar-refractivity contribution >= 4 is 39.9 Å². The Labute approximate surface area is 132 Å². The van der Waals surface area contributed by atoms with Gasteiger partial charge in [0.25, 0.3) is 0 Å². The number of hydrogen-bond donors (Lipinski definition) is 0. The van der Waals surface area contributed by atoms with Crippen LogP contribution in [0.1, 0.15) is 15.9 Å². The molecule has 3 rings (SSSR count). The smallest absolute Gasteiger partial charge is 0.167 e. The molecule has 3 aromatic rings. The number of hydrogen-bond acceptors (Lipinski definition) is 2. The topological polar surface area (TPSA) is 30.0 Å². The first kappa shape index (κ1) is 14.1. The van der Waals surface area contributed by atoms with Gasteiger partial charge in [-0.15, -0.1) is 0 Å². The van der Waals surface area contributed by atoms with Gasteiger partial charge >= 0.3 is 0 Å². The van der Waals surface area contributed by atoms with E-state index in [-0.39, 0.29) is 12.2 Å². The number of benzene rings is 2. The van der Waals surface area contributed by atoms with Crippen molar-refractivity contribution in [1.29, 1.82) is 0 Å². The molecule has 0 saturated carbocycles. The predicted molar refractivity (Wildman–Crippen MR) is 86.2 cm³/mol. The van der Waals surface area contributed by atoms with Gasteiger partial charge in [-0.25, -0.2) is 0 Å². The molecule has 21 heavy (non-hydrogen) atoms. The zero-order chi connectivity index (χ0) is 14.8. The summed E-state index contributed by atoms with van der Waals surface area (Å²) in [4.78, 5) is 16.7. The maximum Gasteiger partial charge on any atom is 0.167 e. The standard InChI is InChI=1S/C17H11Cl2NO/c18-14-4-1-5-15(19)13(14)10-17(21)12-6-7-16-11(9-12)3-2-8-20-16/h1-9H,10H2. The first-order valence-electron chi connectivity index (χ1n) is 6.46. The largest absolute Gasteiger partial charge is 0.294 e.